The Morgan fingerprint density at radius 2 is 1.29 bits per heavy atom. The topological polar surface area (TPSA) is 163 Å². The zero-order chi connectivity index (χ0) is 39.8. The molecule has 13 nitrogen and oxygen atoms in total. The smallest absolute Gasteiger partial charge is 0.243 e. The zero-order valence-corrected chi connectivity index (χ0v) is 33.5. The van der Waals surface area contributed by atoms with Crippen LogP contribution in [-0.2, 0) is 46.3 Å². The van der Waals surface area contributed by atoms with E-state index in [0.717, 1.165) is 11.1 Å². The number of oxime groups is 1. The SMILES string of the molecule is CO/N=C(/C(CC(C)C)NC(=O)[C@H](Cc1ccccc1)NC(=O)[C@H](CCC(C)C)NC(=O)[C@H](CCc1ccccc1)NC(=O)CN1CCOCC1)[C@@]1(C)CO1. The standard InChI is InChI=1S/C42H62N6O7/c1-29(2)17-19-34(44-39(50)33(20-18-31-13-9-7-10-14-31)43-37(49)27-48-21-23-54-24-22-48)40(51)46-36(26-32-15-11-8-12-16-32)41(52)45-35(25-30(3)4)38(47-53-6)42(5)28-55-42/h7-16,29-30,33-36H,17-28H2,1-6H3,(H,43,49)(H,44,50)(H,45,52)(H,46,51)/b47-38-/t33-,34-,35?,36-,42+/m0/s1. The van der Waals surface area contributed by atoms with Crippen LogP contribution < -0.4 is 21.3 Å². The van der Waals surface area contributed by atoms with Gasteiger partial charge in [0.2, 0.25) is 23.6 Å². The van der Waals surface area contributed by atoms with E-state index in [1.54, 1.807) is 0 Å². The fourth-order valence-electron chi connectivity index (χ4n) is 6.67. The summed E-state index contributed by atoms with van der Waals surface area (Å²) >= 11 is 0. The van der Waals surface area contributed by atoms with Crippen molar-refractivity contribution in [3.05, 3.63) is 71.8 Å². The first kappa shape index (κ1) is 43.4. The highest BCUT2D eigenvalue weighted by molar-refractivity contribution is 6.01. The van der Waals surface area contributed by atoms with E-state index in [9.17, 15) is 19.2 Å². The number of hydrogen-bond acceptors (Lipinski definition) is 9. The molecule has 4 rings (SSSR count). The van der Waals surface area contributed by atoms with E-state index in [1.807, 2.05) is 72.5 Å². The molecule has 2 aliphatic rings. The summed E-state index contributed by atoms with van der Waals surface area (Å²) in [5.41, 5.74) is 1.82. The van der Waals surface area contributed by atoms with Crippen molar-refractivity contribution < 1.29 is 33.5 Å². The van der Waals surface area contributed by atoms with E-state index in [1.165, 1.54) is 7.11 Å². The average molecular weight is 763 g/mol. The maximum absolute atomic E-state index is 14.3. The quantitative estimate of drug-likeness (QED) is 0.0807. The molecule has 0 saturated carbocycles. The van der Waals surface area contributed by atoms with Crippen molar-refractivity contribution in [2.45, 2.75) is 103 Å². The molecule has 2 aromatic carbocycles. The minimum absolute atomic E-state index is 0.145. The van der Waals surface area contributed by atoms with Gasteiger partial charge in [0.05, 0.1) is 32.4 Å². The molecule has 0 aromatic heterocycles. The minimum atomic E-state index is -0.971. The van der Waals surface area contributed by atoms with Crippen LogP contribution in [0.25, 0.3) is 0 Å². The molecule has 2 aliphatic heterocycles. The Balaban J connectivity index is 1.55. The van der Waals surface area contributed by atoms with Gasteiger partial charge in [0.25, 0.3) is 0 Å². The normalized spacial score (nSPS) is 19.5. The third-order valence-corrected chi connectivity index (χ3v) is 9.93. The molecule has 1 unspecified atom stereocenters. The highest BCUT2D eigenvalue weighted by atomic mass is 16.6. The number of amides is 4. The van der Waals surface area contributed by atoms with Crippen LogP contribution in [0.4, 0.5) is 0 Å². The van der Waals surface area contributed by atoms with Crippen molar-refractivity contribution in [3.8, 4) is 0 Å². The van der Waals surface area contributed by atoms with Gasteiger partial charge < -0.3 is 35.6 Å². The maximum Gasteiger partial charge on any atom is 0.243 e. The summed E-state index contributed by atoms with van der Waals surface area (Å²) in [6.07, 6.45) is 2.69. The third kappa shape index (κ3) is 14.7. The lowest BCUT2D eigenvalue weighted by Crippen LogP contribution is -2.59. The van der Waals surface area contributed by atoms with Crippen molar-refractivity contribution in [2.24, 2.45) is 17.0 Å². The lowest BCUT2D eigenvalue weighted by molar-refractivity contribution is -0.134. The van der Waals surface area contributed by atoms with E-state index in [-0.39, 0.29) is 36.6 Å². The lowest BCUT2D eigenvalue weighted by atomic mass is 9.92. The molecule has 2 aromatic rings. The maximum atomic E-state index is 14.3. The van der Waals surface area contributed by atoms with Gasteiger partial charge in [0.1, 0.15) is 36.5 Å². The molecule has 2 fully saturated rings. The second-order valence-electron chi connectivity index (χ2n) is 15.7. The number of morpholine rings is 1. The summed E-state index contributed by atoms with van der Waals surface area (Å²) in [6, 6.07) is 15.9. The molecule has 5 atom stereocenters. The number of aryl methyl sites for hydroxylation is 1. The molecule has 4 N–H and O–H groups in total. The Hall–Kier alpha value is -4.33. The summed E-state index contributed by atoms with van der Waals surface area (Å²) in [4.78, 5) is 63.1. The van der Waals surface area contributed by atoms with Crippen molar-refractivity contribution >= 4 is 29.3 Å². The Morgan fingerprint density at radius 1 is 0.745 bits per heavy atom. The molecule has 0 radical (unpaired) electrons. The van der Waals surface area contributed by atoms with Crippen molar-refractivity contribution in [3.63, 3.8) is 0 Å². The highest BCUT2D eigenvalue weighted by Crippen LogP contribution is 2.31. The monoisotopic (exact) mass is 762 g/mol. The van der Waals surface area contributed by atoms with Gasteiger partial charge in [-0.3, -0.25) is 24.1 Å². The van der Waals surface area contributed by atoms with Crippen LogP contribution in [0, 0.1) is 11.8 Å². The number of nitrogens with zero attached hydrogens (tertiary/aromatic N) is 2. The first-order valence-corrected chi connectivity index (χ1v) is 19.7. The van der Waals surface area contributed by atoms with Crippen LogP contribution in [0.5, 0.6) is 0 Å². The van der Waals surface area contributed by atoms with Crippen LogP contribution in [0.2, 0.25) is 0 Å². The van der Waals surface area contributed by atoms with Crippen LogP contribution in [0.15, 0.2) is 65.8 Å². The summed E-state index contributed by atoms with van der Waals surface area (Å²) in [5.74, 6) is -1.13. The molecule has 0 spiro atoms. The lowest BCUT2D eigenvalue weighted by Gasteiger charge is -2.29. The third-order valence-electron chi connectivity index (χ3n) is 9.93. The van der Waals surface area contributed by atoms with Crippen molar-refractivity contribution in [1.82, 2.24) is 26.2 Å². The number of rotatable bonds is 22. The van der Waals surface area contributed by atoms with Crippen LogP contribution >= 0.6 is 0 Å². The first-order valence-electron chi connectivity index (χ1n) is 19.7. The van der Waals surface area contributed by atoms with E-state index >= 15 is 0 Å². The number of benzene rings is 2. The Morgan fingerprint density at radius 3 is 1.85 bits per heavy atom. The Labute approximate surface area is 326 Å². The van der Waals surface area contributed by atoms with Crippen LogP contribution in [-0.4, -0.2) is 111 Å². The number of carbonyl (C=O) groups excluding carboxylic acids is 4. The zero-order valence-electron chi connectivity index (χ0n) is 33.5. The fourth-order valence-corrected chi connectivity index (χ4v) is 6.67. The number of ether oxygens (including phenoxy) is 2. The minimum Gasteiger partial charge on any atom is -0.399 e. The van der Waals surface area contributed by atoms with Gasteiger partial charge >= 0.3 is 0 Å². The van der Waals surface area contributed by atoms with E-state index in [2.05, 4.69) is 54.1 Å². The molecule has 2 saturated heterocycles. The van der Waals surface area contributed by atoms with E-state index < -0.39 is 41.6 Å². The van der Waals surface area contributed by atoms with Gasteiger partial charge in [0.15, 0.2) is 0 Å². The molecule has 0 aliphatic carbocycles. The van der Waals surface area contributed by atoms with Crippen LogP contribution in [0.1, 0.15) is 71.4 Å². The van der Waals surface area contributed by atoms with Gasteiger partial charge in [-0.15, -0.1) is 0 Å². The summed E-state index contributed by atoms with van der Waals surface area (Å²) in [6.45, 7) is 13.1. The van der Waals surface area contributed by atoms with Crippen molar-refractivity contribution in [2.75, 3.05) is 46.6 Å². The number of carbonyl (C=O) groups is 4. The van der Waals surface area contributed by atoms with E-state index in [0.29, 0.717) is 70.7 Å². The first-order chi connectivity index (χ1) is 26.4. The molecule has 4 amide bonds. The molecule has 302 valence electrons. The highest BCUT2D eigenvalue weighted by Gasteiger charge is 2.49. The van der Waals surface area contributed by atoms with Crippen LogP contribution in [0.3, 0.4) is 0 Å². The fraction of sp³-hybridized carbons (Fsp3) is 0.595. The predicted octanol–water partition coefficient (Wildman–Crippen LogP) is 3.41. The van der Waals surface area contributed by atoms with Crippen molar-refractivity contribution in [1.29, 1.82) is 0 Å². The van der Waals surface area contributed by atoms with Gasteiger partial charge in [0, 0.05) is 19.5 Å². The molecule has 0 bridgehead atoms. The average Bonchev–Trinajstić information content (AvgIpc) is 3.91. The van der Waals surface area contributed by atoms with Gasteiger partial charge in [-0.2, -0.15) is 0 Å². The van der Waals surface area contributed by atoms with Gasteiger partial charge in [-0.1, -0.05) is 93.5 Å². The molecule has 2 heterocycles. The van der Waals surface area contributed by atoms with Gasteiger partial charge in [-0.05, 0) is 62.0 Å². The molecule has 55 heavy (non-hydrogen) atoms. The Bertz CT molecular complexity index is 1540. The second kappa shape index (κ2) is 21.7. The molecule has 13 heteroatoms. The largest absolute Gasteiger partial charge is 0.399 e. The summed E-state index contributed by atoms with van der Waals surface area (Å²) in [5, 5.41) is 16.3. The molecular formula is C42H62N6O7. The molecular weight excluding hydrogens is 700 g/mol. The number of nitrogens with one attached hydrogen (secondary N) is 4. The Kier molecular flexibility index (Phi) is 17.1. The van der Waals surface area contributed by atoms with E-state index in [4.69, 9.17) is 14.3 Å². The summed E-state index contributed by atoms with van der Waals surface area (Å²) in [7, 11) is 1.46. The second-order valence-corrected chi connectivity index (χ2v) is 15.7. The predicted molar refractivity (Wildman–Crippen MR) is 212 cm³/mol. The number of hydrogen-bond donors (Lipinski definition) is 4. The van der Waals surface area contributed by atoms with Gasteiger partial charge in [-0.25, -0.2) is 0 Å². The summed E-state index contributed by atoms with van der Waals surface area (Å²) < 4.78 is 11.1. The number of epoxide rings is 1.